The Balaban J connectivity index is 2.12. The van der Waals surface area contributed by atoms with Gasteiger partial charge in [-0.3, -0.25) is 4.79 Å². The lowest BCUT2D eigenvalue weighted by Crippen LogP contribution is -2.30. The number of nitrogens with one attached hydrogen (secondary N) is 1. The Labute approximate surface area is 107 Å². The van der Waals surface area contributed by atoms with Crippen LogP contribution in [0.3, 0.4) is 0 Å². The van der Waals surface area contributed by atoms with Crippen LogP contribution in [0, 0.1) is 0 Å². The molecule has 18 heavy (non-hydrogen) atoms. The number of carbonyl (C=O) groups excluding carboxylic acids is 1. The molecule has 0 saturated carbocycles. The Kier molecular flexibility index (Phi) is 3.60. The van der Waals surface area contributed by atoms with E-state index in [2.05, 4.69) is 5.32 Å². The molecule has 5 nitrogen and oxygen atoms in total. The minimum absolute atomic E-state index is 0.129. The molecule has 1 aromatic carbocycles. The Morgan fingerprint density at radius 3 is 2.56 bits per heavy atom. The fourth-order valence-electron chi connectivity index (χ4n) is 2.08. The van der Waals surface area contributed by atoms with Crippen LogP contribution in [0.15, 0.2) is 18.2 Å². The van der Waals surface area contributed by atoms with Crippen molar-refractivity contribution in [3.63, 3.8) is 0 Å². The van der Waals surface area contributed by atoms with Crippen molar-refractivity contribution in [3.8, 4) is 11.5 Å². The summed E-state index contributed by atoms with van der Waals surface area (Å²) in [6, 6.07) is 5.40. The quantitative estimate of drug-likeness (QED) is 0.876. The molecule has 1 saturated heterocycles. The Morgan fingerprint density at radius 2 is 2.00 bits per heavy atom. The van der Waals surface area contributed by atoms with Gasteiger partial charge in [0.05, 0.1) is 14.2 Å². The molecule has 1 aliphatic heterocycles. The van der Waals surface area contributed by atoms with Crippen LogP contribution < -0.4 is 14.8 Å². The van der Waals surface area contributed by atoms with E-state index in [1.807, 2.05) is 25.2 Å². The van der Waals surface area contributed by atoms with Gasteiger partial charge in [0, 0.05) is 25.3 Å². The van der Waals surface area contributed by atoms with E-state index in [0.29, 0.717) is 11.5 Å². The highest BCUT2D eigenvalue weighted by atomic mass is 16.5. The van der Waals surface area contributed by atoms with Crippen molar-refractivity contribution < 1.29 is 14.3 Å². The third-order valence-corrected chi connectivity index (χ3v) is 3.15. The van der Waals surface area contributed by atoms with Crippen LogP contribution in [-0.2, 0) is 4.79 Å². The summed E-state index contributed by atoms with van der Waals surface area (Å²) in [5.74, 6) is 1.46. The monoisotopic (exact) mass is 250 g/mol. The van der Waals surface area contributed by atoms with Gasteiger partial charge in [0.1, 0.15) is 6.04 Å². The van der Waals surface area contributed by atoms with Gasteiger partial charge < -0.3 is 19.7 Å². The van der Waals surface area contributed by atoms with Gasteiger partial charge >= 0.3 is 0 Å². The molecule has 2 rings (SSSR count). The predicted octanol–water partition coefficient (Wildman–Crippen LogP) is 1.35. The smallest absolute Gasteiger partial charge is 0.244 e. The van der Waals surface area contributed by atoms with Crippen molar-refractivity contribution in [2.45, 2.75) is 12.5 Å². The lowest BCUT2D eigenvalue weighted by molar-refractivity contribution is -0.127. The fraction of sp³-hybridized carbons (Fsp3) is 0.462. The molecular weight excluding hydrogens is 232 g/mol. The molecule has 0 radical (unpaired) electrons. The van der Waals surface area contributed by atoms with Crippen molar-refractivity contribution >= 4 is 11.6 Å². The predicted molar refractivity (Wildman–Crippen MR) is 69.2 cm³/mol. The molecule has 98 valence electrons. The van der Waals surface area contributed by atoms with Crippen LogP contribution in [0.4, 0.5) is 5.69 Å². The molecule has 1 N–H and O–H groups in total. The van der Waals surface area contributed by atoms with Gasteiger partial charge in [0.2, 0.25) is 5.91 Å². The van der Waals surface area contributed by atoms with Gasteiger partial charge in [-0.25, -0.2) is 0 Å². The number of likely N-dealkylation sites (N-methyl/N-ethyl adjacent to an activating group) is 1. The average molecular weight is 250 g/mol. The van der Waals surface area contributed by atoms with E-state index < -0.39 is 0 Å². The zero-order valence-electron chi connectivity index (χ0n) is 10.9. The summed E-state index contributed by atoms with van der Waals surface area (Å²) in [6.45, 7) is 0.795. The first-order valence-electron chi connectivity index (χ1n) is 5.89. The summed E-state index contributed by atoms with van der Waals surface area (Å²) in [5.41, 5.74) is 0.862. The molecular formula is C13H18N2O3. The summed E-state index contributed by atoms with van der Waals surface area (Å²) in [5, 5.41) is 3.22. The first kappa shape index (κ1) is 12.5. The number of carbonyl (C=O) groups is 1. The Hall–Kier alpha value is -1.91. The molecule has 0 aliphatic carbocycles. The highest BCUT2D eigenvalue weighted by Crippen LogP contribution is 2.30. The molecule has 1 aromatic rings. The van der Waals surface area contributed by atoms with Gasteiger partial charge in [0.25, 0.3) is 0 Å². The topological polar surface area (TPSA) is 50.8 Å². The van der Waals surface area contributed by atoms with Crippen LogP contribution in [0.5, 0.6) is 11.5 Å². The van der Waals surface area contributed by atoms with Gasteiger partial charge in [-0.15, -0.1) is 0 Å². The number of amides is 1. The number of ether oxygens (including phenoxy) is 2. The summed E-state index contributed by atoms with van der Waals surface area (Å²) in [7, 11) is 5.01. The summed E-state index contributed by atoms with van der Waals surface area (Å²) >= 11 is 0. The third kappa shape index (κ3) is 2.34. The van der Waals surface area contributed by atoms with Gasteiger partial charge in [-0.1, -0.05) is 0 Å². The van der Waals surface area contributed by atoms with E-state index in [1.165, 1.54) is 0 Å². The maximum Gasteiger partial charge on any atom is 0.244 e. The van der Waals surface area contributed by atoms with Crippen LogP contribution in [0.2, 0.25) is 0 Å². The summed E-state index contributed by atoms with van der Waals surface area (Å²) in [4.78, 5) is 13.5. The minimum atomic E-state index is -0.145. The number of anilines is 1. The number of hydrogen-bond donors (Lipinski definition) is 1. The molecule has 5 heteroatoms. The molecule has 1 aliphatic rings. The van der Waals surface area contributed by atoms with Crippen LogP contribution in [-0.4, -0.2) is 44.7 Å². The lowest BCUT2D eigenvalue weighted by atomic mass is 10.2. The van der Waals surface area contributed by atoms with E-state index in [1.54, 1.807) is 19.1 Å². The maximum absolute atomic E-state index is 11.8. The fourth-order valence-corrected chi connectivity index (χ4v) is 2.08. The lowest BCUT2D eigenvalue weighted by Gasteiger charge is -2.15. The highest BCUT2D eigenvalue weighted by molar-refractivity contribution is 5.86. The second-order valence-electron chi connectivity index (χ2n) is 4.32. The number of likely N-dealkylation sites (tertiary alicyclic amines) is 1. The largest absolute Gasteiger partial charge is 0.493 e. The van der Waals surface area contributed by atoms with Crippen LogP contribution in [0.25, 0.3) is 0 Å². The van der Waals surface area contributed by atoms with Gasteiger partial charge in [0.15, 0.2) is 11.5 Å². The molecule has 1 amide bonds. The van der Waals surface area contributed by atoms with Crippen molar-refractivity contribution in [2.24, 2.45) is 0 Å². The number of hydrogen-bond acceptors (Lipinski definition) is 4. The zero-order chi connectivity index (χ0) is 13.1. The van der Waals surface area contributed by atoms with Gasteiger partial charge in [-0.2, -0.15) is 0 Å². The molecule has 0 spiro atoms. The van der Waals surface area contributed by atoms with Crippen LogP contribution in [0.1, 0.15) is 6.42 Å². The highest BCUT2D eigenvalue weighted by Gasteiger charge is 2.28. The van der Waals surface area contributed by atoms with E-state index >= 15 is 0 Å². The van der Waals surface area contributed by atoms with E-state index in [4.69, 9.17) is 9.47 Å². The molecule has 1 atom stereocenters. The molecule has 0 bridgehead atoms. The van der Waals surface area contributed by atoms with Crippen molar-refractivity contribution in [2.75, 3.05) is 33.1 Å². The number of benzene rings is 1. The van der Waals surface area contributed by atoms with E-state index in [9.17, 15) is 4.79 Å². The van der Waals surface area contributed by atoms with Crippen molar-refractivity contribution in [1.82, 2.24) is 4.90 Å². The standard InChI is InChI=1S/C13H18N2O3/c1-15-7-6-10(13(15)16)14-9-4-5-11(17-2)12(8-9)18-3/h4-5,8,10,14H,6-7H2,1-3H3. The first-order chi connectivity index (χ1) is 8.65. The number of nitrogens with zero attached hydrogens (tertiary/aromatic N) is 1. The number of methoxy groups -OCH3 is 2. The molecule has 1 heterocycles. The Bertz CT molecular complexity index is 448. The molecule has 0 aromatic heterocycles. The molecule has 1 unspecified atom stereocenters. The van der Waals surface area contributed by atoms with Crippen molar-refractivity contribution in [3.05, 3.63) is 18.2 Å². The summed E-state index contributed by atoms with van der Waals surface area (Å²) in [6.07, 6.45) is 0.823. The van der Waals surface area contributed by atoms with E-state index in [0.717, 1.165) is 18.7 Å². The summed E-state index contributed by atoms with van der Waals surface area (Å²) < 4.78 is 10.4. The van der Waals surface area contributed by atoms with Crippen molar-refractivity contribution in [1.29, 1.82) is 0 Å². The second-order valence-corrected chi connectivity index (χ2v) is 4.32. The third-order valence-electron chi connectivity index (χ3n) is 3.15. The SMILES string of the molecule is COc1ccc(NC2CCN(C)C2=O)cc1OC. The normalized spacial score (nSPS) is 18.9. The second kappa shape index (κ2) is 5.16. The minimum Gasteiger partial charge on any atom is -0.493 e. The van der Waals surface area contributed by atoms with Gasteiger partial charge in [-0.05, 0) is 18.6 Å². The maximum atomic E-state index is 11.8. The van der Waals surface area contributed by atoms with Crippen LogP contribution >= 0.6 is 0 Å². The number of rotatable bonds is 4. The zero-order valence-corrected chi connectivity index (χ0v) is 10.9. The Morgan fingerprint density at radius 1 is 1.28 bits per heavy atom. The average Bonchev–Trinajstić information content (AvgIpc) is 2.70. The molecule has 1 fully saturated rings. The van der Waals surface area contributed by atoms with E-state index in [-0.39, 0.29) is 11.9 Å². The first-order valence-corrected chi connectivity index (χ1v) is 5.89.